The minimum atomic E-state index is -0.169. The predicted octanol–water partition coefficient (Wildman–Crippen LogP) is 4.73. The highest BCUT2D eigenvalue weighted by molar-refractivity contribution is 6.02. The van der Waals surface area contributed by atoms with Crippen molar-refractivity contribution in [1.29, 1.82) is 0 Å². The van der Waals surface area contributed by atoms with Crippen LogP contribution in [0.2, 0.25) is 0 Å². The highest BCUT2D eigenvalue weighted by Crippen LogP contribution is 2.41. The fourth-order valence-electron chi connectivity index (χ4n) is 5.91. The number of amides is 3. The van der Waals surface area contributed by atoms with E-state index in [-0.39, 0.29) is 18.0 Å². The molecule has 1 atom stereocenters. The molecule has 212 valence electrons. The number of fused-ring (bicyclic) bond motifs is 2. The van der Waals surface area contributed by atoms with Gasteiger partial charge in [0.2, 0.25) is 11.9 Å². The molecule has 2 aromatic carbocycles. The number of hydrogen-bond acceptors (Lipinski definition) is 7. The van der Waals surface area contributed by atoms with Gasteiger partial charge >= 0.3 is 6.03 Å². The lowest BCUT2D eigenvalue weighted by molar-refractivity contribution is -0.114. The van der Waals surface area contributed by atoms with Crippen LogP contribution >= 0.6 is 0 Å². The van der Waals surface area contributed by atoms with Crippen molar-refractivity contribution in [3.63, 3.8) is 0 Å². The van der Waals surface area contributed by atoms with Crippen molar-refractivity contribution in [3.05, 3.63) is 78.5 Å². The van der Waals surface area contributed by atoms with E-state index >= 15 is 0 Å². The van der Waals surface area contributed by atoms with Crippen LogP contribution in [0.25, 0.3) is 0 Å². The van der Waals surface area contributed by atoms with E-state index in [4.69, 9.17) is 4.74 Å². The van der Waals surface area contributed by atoms with Crippen LogP contribution in [0.3, 0.4) is 0 Å². The maximum Gasteiger partial charge on any atom is 0.326 e. The third kappa shape index (κ3) is 5.47. The number of para-hydroxylation sites is 1. The van der Waals surface area contributed by atoms with Gasteiger partial charge < -0.3 is 19.9 Å². The zero-order valence-corrected chi connectivity index (χ0v) is 23.3. The summed E-state index contributed by atoms with van der Waals surface area (Å²) in [5.74, 6) is 1.68. The SMILES string of the molecule is C=CC(=O)N1CCC(N2Cc3cnc(Nc4ccc(OCCN5CCCC5)cc4)nc3N(C)C2=O)c2ccccc21. The molecule has 4 heterocycles. The van der Waals surface area contributed by atoms with Gasteiger partial charge in [-0.15, -0.1) is 0 Å². The predicted molar refractivity (Wildman–Crippen MR) is 159 cm³/mol. The molecular formula is C31H35N7O3. The second-order valence-electron chi connectivity index (χ2n) is 10.6. The number of aromatic nitrogens is 2. The summed E-state index contributed by atoms with van der Waals surface area (Å²) < 4.78 is 5.91. The number of urea groups is 1. The quantitative estimate of drug-likeness (QED) is 0.403. The van der Waals surface area contributed by atoms with Gasteiger partial charge in [0.15, 0.2) is 0 Å². The molecule has 3 aromatic rings. The number of likely N-dealkylation sites (tertiary alicyclic amines) is 1. The average molecular weight is 554 g/mol. The Kier molecular flexibility index (Phi) is 7.56. The molecule has 10 nitrogen and oxygen atoms in total. The normalized spacial score (nSPS) is 18.6. The molecule has 1 N–H and O–H groups in total. The molecule has 6 rings (SSSR count). The van der Waals surface area contributed by atoms with Gasteiger partial charge in [-0.3, -0.25) is 14.6 Å². The first kappa shape index (κ1) is 26.8. The van der Waals surface area contributed by atoms with E-state index in [2.05, 4.69) is 26.8 Å². The van der Waals surface area contributed by atoms with E-state index in [1.807, 2.05) is 53.4 Å². The number of carbonyl (C=O) groups is 2. The Morgan fingerprint density at radius 3 is 2.68 bits per heavy atom. The van der Waals surface area contributed by atoms with Gasteiger partial charge in [0.25, 0.3) is 0 Å². The smallest absolute Gasteiger partial charge is 0.326 e. The van der Waals surface area contributed by atoms with Gasteiger partial charge in [-0.2, -0.15) is 4.98 Å². The lowest BCUT2D eigenvalue weighted by Crippen LogP contribution is -2.49. The average Bonchev–Trinajstić information content (AvgIpc) is 3.53. The summed E-state index contributed by atoms with van der Waals surface area (Å²) in [5, 5.41) is 3.24. The van der Waals surface area contributed by atoms with Crippen LogP contribution in [-0.4, -0.2) is 71.5 Å². The Bertz CT molecular complexity index is 1440. The standard InChI is InChI=1S/C31H35N7O3/c1-3-28(39)37-17-14-27(25-8-4-5-9-26(25)37)38-21-22-20-32-30(34-29(22)35(2)31(38)40)33-23-10-12-24(13-11-23)41-19-18-36-15-6-7-16-36/h3-5,8-13,20,27H,1,6-7,14-19,21H2,2H3,(H,32,33,34). The summed E-state index contributed by atoms with van der Waals surface area (Å²) in [6.07, 6.45) is 6.29. The van der Waals surface area contributed by atoms with Crippen molar-refractivity contribution in [2.24, 2.45) is 0 Å². The molecule has 1 aromatic heterocycles. The zero-order chi connectivity index (χ0) is 28.3. The van der Waals surface area contributed by atoms with Gasteiger partial charge in [0.05, 0.1) is 12.6 Å². The molecule has 1 unspecified atom stereocenters. The van der Waals surface area contributed by atoms with Crippen LogP contribution in [0, 0.1) is 0 Å². The van der Waals surface area contributed by atoms with Crippen LogP contribution in [-0.2, 0) is 11.3 Å². The minimum absolute atomic E-state index is 0.138. The summed E-state index contributed by atoms with van der Waals surface area (Å²) in [4.78, 5) is 42.8. The molecule has 0 aliphatic carbocycles. The van der Waals surface area contributed by atoms with E-state index in [1.54, 1.807) is 23.0 Å². The molecule has 3 aliphatic heterocycles. The van der Waals surface area contributed by atoms with Gasteiger partial charge in [0, 0.05) is 43.3 Å². The van der Waals surface area contributed by atoms with Gasteiger partial charge in [0.1, 0.15) is 18.2 Å². The Labute approximate surface area is 240 Å². The third-order valence-electron chi connectivity index (χ3n) is 8.05. The number of hydrogen-bond donors (Lipinski definition) is 1. The Balaban J connectivity index is 1.14. The molecule has 0 saturated carbocycles. The summed E-state index contributed by atoms with van der Waals surface area (Å²) in [5.41, 5.74) is 3.46. The highest BCUT2D eigenvalue weighted by Gasteiger charge is 2.38. The van der Waals surface area contributed by atoms with Crippen LogP contribution in [0.4, 0.5) is 27.9 Å². The Morgan fingerprint density at radius 1 is 1.12 bits per heavy atom. The largest absolute Gasteiger partial charge is 0.492 e. The lowest BCUT2D eigenvalue weighted by Gasteiger charge is -2.43. The lowest BCUT2D eigenvalue weighted by atomic mass is 9.94. The maximum absolute atomic E-state index is 13.6. The molecule has 1 saturated heterocycles. The number of anilines is 4. The molecule has 0 spiro atoms. The van der Waals surface area contributed by atoms with Crippen LogP contribution in [0.5, 0.6) is 5.75 Å². The Morgan fingerprint density at radius 2 is 1.90 bits per heavy atom. The third-order valence-corrected chi connectivity index (χ3v) is 8.05. The van der Waals surface area contributed by atoms with E-state index in [0.717, 1.165) is 47.9 Å². The van der Waals surface area contributed by atoms with Crippen molar-refractivity contribution in [3.8, 4) is 5.75 Å². The topological polar surface area (TPSA) is 94.1 Å². The number of benzene rings is 2. The van der Waals surface area contributed by atoms with Crippen molar-refractivity contribution < 1.29 is 14.3 Å². The summed E-state index contributed by atoms with van der Waals surface area (Å²) in [6, 6.07) is 15.2. The van der Waals surface area contributed by atoms with E-state index in [1.165, 1.54) is 18.9 Å². The van der Waals surface area contributed by atoms with Crippen molar-refractivity contribution in [2.75, 3.05) is 55.0 Å². The molecule has 0 radical (unpaired) electrons. The van der Waals surface area contributed by atoms with Crippen LogP contribution < -0.4 is 19.9 Å². The molecule has 1 fully saturated rings. The molecule has 3 aliphatic rings. The summed E-state index contributed by atoms with van der Waals surface area (Å²) in [6.45, 7) is 8.49. The van der Waals surface area contributed by atoms with Crippen LogP contribution in [0.1, 0.15) is 36.4 Å². The number of nitrogens with one attached hydrogen (secondary N) is 1. The van der Waals surface area contributed by atoms with Crippen molar-refractivity contribution >= 4 is 35.1 Å². The summed E-state index contributed by atoms with van der Waals surface area (Å²) in [7, 11) is 1.74. The van der Waals surface area contributed by atoms with E-state index < -0.39 is 0 Å². The monoisotopic (exact) mass is 553 g/mol. The number of ether oxygens (including phenoxy) is 1. The van der Waals surface area contributed by atoms with Crippen LogP contribution in [0.15, 0.2) is 67.4 Å². The van der Waals surface area contributed by atoms with E-state index in [9.17, 15) is 9.59 Å². The van der Waals surface area contributed by atoms with Gasteiger partial charge in [-0.25, -0.2) is 9.78 Å². The number of carbonyl (C=O) groups excluding carboxylic acids is 2. The number of rotatable bonds is 8. The van der Waals surface area contributed by atoms with E-state index in [0.29, 0.717) is 37.9 Å². The first-order chi connectivity index (χ1) is 20.0. The summed E-state index contributed by atoms with van der Waals surface area (Å²) >= 11 is 0. The van der Waals surface area contributed by atoms with Crippen molar-refractivity contribution in [1.82, 2.24) is 19.8 Å². The molecule has 3 amide bonds. The second-order valence-corrected chi connectivity index (χ2v) is 10.6. The second kappa shape index (κ2) is 11.6. The van der Waals surface area contributed by atoms with Gasteiger partial charge in [-0.05, 0) is 74.3 Å². The highest BCUT2D eigenvalue weighted by atomic mass is 16.5. The fraction of sp³-hybridized carbons (Fsp3) is 0.355. The molecular weight excluding hydrogens is 518 g/mol. The van der Waals surface area contributed by atoms with Crippen molar-refractivity contribution in [2.45, 2.75) is 31.8 Å². The fourth-order valence-corrected chi connectivity index (χ4v) is 5.91. The molecule has 41 heavy (non-hydrogen) atoms. The van der Waals surface area contributed by atoms with Gasteiger partial charge in [-0.1, -0.05) is 24.8 Å². The molecule has 0 bridgehead atoms. The minimum Gasteiger partial charge on any atom is -0.492 e. The maximum atomic E-state index is 13.6. The first-order valence-corrected chi connectivity index (χ1v) is 14.2. The number of nitrogens with zero attached hydrogens (tertiary/aromatic N) is 6. The first-order valence-electron chi connectivity index (χ1n) is 14.2. The zero-order valence-electron chi connectivity index (χ0n) is 23.3. The Hall–Kier alpha value is -4.44. The molecule has 10 heteroatoms.